The predicted octanol–water partition coefficient (Wildman–Crippen LogP) is -0.804. The maximum atomic E-state index is 11.7. The summed E-state index contributed by atoms with van der Waals surface area (Å²) in [6, 6.07) is -1.85. The lowest BCUT2D eigenvalue weighted by Gasteiger charge is -2.23. The summed E-state index contributed by atoms with van der Waals surface area (Å²) in [4.78, 5) is 22.7. The summed E-state index contributed by atoms with van der Waals surface area (Å²) in [5.74, 6) is -0.842. The molecule has 1 unspecified atom stereocenters. The van der Waals surface area contributed by atoms with Crippen molar-refractivity contribution in [3.05, 3.63) is 0 Å². The van der Waals surface area contributed by atoms with Gasteiger partial charge in [-0.1, -0.05) is 20.8 Å². The second kappa shape index (κ2) is 6.96. The van der Waals surface area contributed by atoms with E-state index in [1.807, 2.05) is 20.8 Å². The average molecular weight is 277 g/mol. The number of hydrogen-bond donors (Lipinski definition) is 4. The van der Waals surface area contributed by atoms with Gasteiger partial charge in [0.25, 0.3) is 0 Å². The normalized spacial score (nSPS) is 16.8. The van der Waals surface area contributed by atoms with Gasteiger partial charge in [0.05, 0.1) is 12.1 Å². The summed E-state index contributed by atoms with van der Waals surface area (Å²) in [5, 5.41) is 11.7. The lowest BCUT2D eigenvalue weighted by molar-refractivity contribution is -0.130. The van der Waals surface area contributed by atoms with E-state index < -0.39 is 30.0 Å². The monoisotopic (exact) mass is 277 g/mol. The van der Waals surface area contributed by atoms with Crippen LogP contribution < -0.4 is 16.8 Å². The number of thioether (sulfide) groups is 1. The van der Waals surface area contributed by atoms with Crippen LogP contribution in [0.3, 0.4) is 0 Å². The van der Waals surface area contributed by atoms with Crippen LogP contribution in [0.5, 0.6) is 0 Å². The summed E-state index contributed by atoms with van der Waals surface area (Å²) in [7, 11) is 0. The number of hydrogen-bond acceptors (Lipinski definition) is 5. The highest BCUT2D eigenvalue weighted by Gasteiger charge is 2.26. The molecule has 6 N–H and O–H groups in total. The number of aliphatic hydroxyl groups excluding tert-OH is 1. The first kappa shape index (κ1) is 17.2. The van der Waals surface area contributed by atoms with Crippen LogP contribution >= 0.6 is 11.8 Å². The van der Waals surface area contributed by atoms with Crippen LogP contribution in [0.2, 0.25) is 0 Å². The van der Waals surface area contributed by atoms with Crippen LogP contribution in [-0.4, -0.2) is 45.6 Å². The molecule has 0 heterocycles. The summed E-state index contributed by atoms with van der Waals surface area (Å²) in [5.41, 5.74) is 10.8. The van der Waals surface area contributed by atoms with Crippen LogP contribution in [0.4, 0.5) is 0 Å². The largest absolute Gasteiger partial charge is 0.391 e. The highest BCUT2D eigenvalue weighted by Crippen LogP contribution is 2.23. The van der Waals surface area contributed by atoms with E-state index in [4.69, 9.17) is 11.5 Å². The first-order valence-electron chi connectivity index (χ1n) is 5.72. The van der Waals surface area contributed by atoms with Gasteiger partial charge in [-0.25, -0.2) is 0 Å². The van der Waals surface area contributed by atoms with Crippen molar-refractivity contribution in [1.82, 2.24) is 5.32 Å². The van der Waals surface area contributed by atoms with Crippen molar-refractivity contribution in [1.29, 1.82) is 0 Å². The highest BCUT2D eigenvalue weighted by molar-refractivity contribution is 8.00. The van der Waals surface area contributed by atoms with Gasteiger partial charge in [0.2, 0.25) is 11.8 Å². The third-order valence-electron chi connectivity index (χ3n) is 2.12. The zero-order chi connectivity index (χ0) is 14.5. The standard InChI is InChI=1S/C11H23N3O3S/c1-6(15)8(9(13)16)14-10(17)7(12)5-18-11(2,3)4/h6-8,15H,5,12H2,1-4H3,(H2,13,16)(H,14,17)/t6?,7-,8-/m0/s1. The molecular formula is C11H23N3O3S. The second-order valence-electron chi connectivity index (χ2n) is 5.16. The zero-order valence-electron chi connectivity index (χ0n) is 11.3. The van der Waals surface area contributed by atoms with Crippen LogP contribution in [0, 0.1) is 0 Å². The molecule has 18 heavy (non-hydrogen) atoms. The summed E-state index contributed by atoms with van der Waals surface area (Å²) < 4.78 is 0.00522. The Labute approximate surface area is 112 Å². The molecule has 0 bridgehead atoms. The third-order valence-corrected chi connectivity index (χ3v) is 3.51. The number of aliphatic hydroxyl groups is 1. The van der Waals surface area contributed by atoms with E-state index in [0.29, 0.717) is 5.75 Å². The predicted molar refractivity (Wildman–Crippen MR) is 73.0 cm³/mol. The number of carbonyl (C=O) groups excluding carboxylic acids is 2. The fourth-order valence-corrected chi connectivity index (χ4v) is 1.94. The van der Waals surface area contributed by atoms with Crippen LogP contribution in [-0.2, 0) is 9.59 Å². The van der Waals surface area contributed by atoms with E-state index in [0.717, 1.165) is 0 Å². The fourth-order valence-electron chi connectivity index (χ4n) is 1.11. The number of rotatable bonds is 6. The number of amides is 2. The Bertz CT molecular complexity index is 302. The zero-order valence-corrected chi connectivity index (χ0v) is 12.1. The van der Waals surface area contributed by atoms with Crippen molar-refractivity contribution in [2.45, 2.75) is 50.6 Å². The maximum absolute atomic E-state index is 11.7. The molecule has 106 valence electrons. The minimum Gasteiger partial charge on any atom is -0.391 e. The number of nitrogens with two attached hydrogens (primary N) is 2. The van der Waals surface area contributed by atoms with E-state index in [-0.39, 0.29) is 4.75 Å². The molecule has 0 aliphatic rings. The maximum Gasteiger partial charge on any atom is 0.242 e. The molecule has 0 aromatic carbocycles. The molecule has 0 aliphatic carbocycles. The molecular weight excluding hydrogens is 254 g/mol. The number of carbonyl (C=O) groups is 2. The van der Waals surface area contributed by atoms with Crippen LogP contribution in [0.1, 0.15) is 27.7 Å². The van der Waals surface area contributed by atoms with Gasteiger partial charge < -0.3 is 21.9 Å². The first-order valence-corrected chi connectivity index (χ1v) is 6.70. The Balaban J connectivity index is 4.34. The minimum atomic E-state index is -1.11. The van der Waals surface area contributed by atoms with Crippen molar-refractivity contribution in [2.75, 3.05) is 5.75 Å². The topological polar surface area (TPSA) is 118 Å². The van der Waals surface area contributed by atoms with Gasteiger partial charge in [-0.15, -0.1) is 0 Å². The smallest absolute Gasteiger partial charge is 0.242 e. The Kier molecular flexibility index (Phi) is 6.66. The summed E-state index contributed by atoms with van der Waals surface area (Å²) >= 11 is 1.55. The Hall–Kier alpha value is -0.790. The van der Waals surface area contributed by atoms with E-state index in [9.17, 15) is 14.7 Å². The molecule has 0 saturated carbocycles. The molecule has 0 saturated heterocycles. The van der Waals surface area contributed by atoms with Crippen molar-refractivity contribution >= 4 is 23.6 Å². The van der Waals surface area contributed by atoms with E-state index >= 15 is 0 Å². The molecule has 3 atom stereocenters. The minimum absolute atomic E-state index is 0.00522. The van der Waals surface area contributed by atoms with E-state index in [2.05, 4.69) is 5.32 Å². The quantitative estimate of drug-likeness (QED) is 0.507. The molecule has 0 radical (unpaired) electrons. The van der Waals surface area contributed by atoms with Gasteiger partial charge in [-0.05, 0) is 6.92 Å². The average Bonchev–Trinajstić information content (AvgIpc) is 2.19. The molecule has 0 aromatic rings. The molecule has 0 aromatic heterocycles. The van der Waals surface area contributed by atoms with Gasteiger partial charge in [0.15, 0.2) is 0 Å². The SMILES string of the molecule is CC(O)[C@H](NC(=O)[C@@H](N)CSC(C)(C)C)C(N)=O. The van der Waals surface area contributed by atoms with Gasteiger partial charge in [0, 0.05) is 10.5 Å². The van der Waals surface area contributed by atoms with Gasteiger partial charge in [-0.3, -0.25) is 9.59 Å². The molecule has 0 rings (SSSR count). The number of nitrogens with one attached hydrogen (secondary N) is 1. The molecule has 0 fully saturated rings. The summed E-state index contributed by atoms with van der Waals surface area (Å²) in [6.45, 7) is 7.43. The van der Waals surface area contributed by atoms with Crippen molar-refractivity contribution in [3.8, 4) is 0 Å². The summed E-state index contributed by atoms with van der Waals surface area (Å²) in [6.07, 6.45) is -1.05. The lowest BCUT2D eigenvalue weighted by atomic mass is 10.1. The molecule has 0 aliphatic heterocycles. The Morgan fingerprint density at radius 3 is 2.22 bits per heavy atom. The molecule has 6 nitrogen and oxygen atoms in total. The van der Waals surface area contributed by atoms with Crippen LogP contribution in [0.15, 0.2) is 0 Å². The van der Waals surface area contributed by atoms with Crippen molar-refractivity contribution in [2.24, 2.45) is 11.5 Å². The van der Waals surface area contributed by atoms with Gasteiger partial charge in [-0.2, -0.15) is 11.8 Å². The van der Waals surface area contributed by atoms with Crippen molar-refractivity contribution in [3.63, 3.8) is 0 Å². The molecule has 2 amide bonds. The van der Waals surface area contributed by atoms with Crippen molar-refractivity contribution < 1.29 is 14.7 Å². The van der Waals surface area contributed by atoms with Gasteiger partial charge >= 0.3 is 0 Å². The highest BCUT2D eigenvalue weighted by atomic mass is 32.2. The number of primary amides is 1. The van der Waals surface area contributed by atoms with Gasteiger partial charge in [0.1, 0.15) is 6.04 Å². The third kappa shape index (κ3) is 6.83. The second-order valence-corrected chi connectivity index (χ2v) is 7.01. The lowest BCUT2D eigenvalue weighted by Crippen LogP contribution is -2.55. The van der Waals surface area contributed by atoms with E-state index in [1.54, 1.807) is 11.8 Å². The van der Waals surface area contributed by atoms with Crippen LogP contribution in [0.25, 0.3) is 0 Å². The Morgan fingerprint density at radius 2 is 1.89 bits per heavy atom. The Morgan fingerprint density at radius 1 is 1.39 bits per heavy atom. The van der Waals surface area contributed by atoms with E-state index in [1.165, 1.54) is 6.92 Å². The fraction of sp³-hybridized carbons (Fsp3) is 0.818. The molecule has 0 spiro atoms. The first-order chi connectivity index (χ1) is 8.04. The molecule has 7 heteroatoms.